The van der Waals surface area contributed by atoms with Crippen LogP contribution >= 0.6 is 0 Å². The number of hydrogen-bond donors (Lipinski definition) is 2. The standard InChI is InChI=1S/C28H27N3O3/c32-27(21-12-14-22(15-13-21)31(33)34)23-9-5-10-24-26(23)28(16-18-29-19-17-28)25(30-24)11-4-8-20-6-2-1-3-7-20/h1-10,12-15,25,29-30H,11,16-19H2. The van der Waals surface area contributed by atoms with E-state index in [1.165, 1.54) is 17.7 Å². The van der Waals surface area contributed by atoms with Crippen LogP contribution in [0.5, 0.6) is 0 Å². The zero-order valence-corrected chi connectivity index (χ0v) is 18.9. The average molecular weight is 454 g/mol. The maximum atomic E-state index is 13.6. The summed E-state index contributed by atoms with van der Waals surface area (Å²) >= 11 is 0. The highest BCUT2D eigenvalue weighted by atomic mass is 16.6. The first kappa shape index (κ1) is 22.0. The first-order valence-electron chi connectivity index (χ1n) is 11.7. The molecule has 1 atom stereocenters. The SMILES string of the molecule is O=C(c1ccc([N+](=O)[O-])cc1)c1cccc2c1C1(CCNCC1)C(CC=Cc1ccccc1)N2. The van der Waals surface area contributed by atoms with E-state index in [9.17, 15) is 14.9 Å². The summed E-state index contributed by atoms with van der Waals surface area (Å²) in [4.78, 5) is 24.2. The zero-order chi connectivity index (χ0) is 23.5. The number of benzene rings is 3. The molecule has 0 aromatic heterocycles. The molecule has 0 amide bonds. The van der Waals surface area contributed by atoms with Crippen molar-refractivity contribution in [3.63, 3.8) is 0 Å². The summed E-state index contributed by atoms with van der Waals surface area (Å²) in [5, 5.41) is 18.2. The summed E-state index contributed by atoms with van der Waals surface area (Å²) in [5.74, 6) is -0.0908. The van der Waals surface area contributed by atoms with E-state index in [1.54, 1.807) is 12.1 Å². The Kier molecular flexibility index (Phi) is 5.99. The van der Waals surface area contributed by atoms with Gasteiger partial charge >= 0.3 is 0 Å². The van der Waals surface area contributed by atoms with Crippen molar-refractivity contribution in [3.05, 3.63) is 111 Å². The van der Waals surface area contributed by atoms with Gasteiger partial charge < -0.3 is 10.6 Å². The third-order valence-electron chi connectivity index (χ3n) is 7.12. The molecule has 0 saturated carbocycles. The second-order valence-electron chi connectivity index (χ2n) is 9.01. The molecule has 3 aromatic rings. The molecular weight excluding hydrogens is 426 g/mol. The molecular formula is C28H27N3O3. The van der Waals surface area contributed by atoms with Crippen molar-refractivity contribution in [1.29, 1.82) is 0 Å². The molecule has 2 heterocycles. The van der Waals surface area contributed by atoms with E-state index >= 15 is 0 Å². The highest BCUT2D eigenvalue weighted by Gasteiger charge is 2.48. The monoisotopic (exact) mass is 453 g/mol. The smallest absolute Gasteiger partial charge is 0.269 e. The van der Waals surface area contributed by atoms with Crippen LogP contribution in [0.2, 0.25) is 0 Å². The summed E-state index contributed by atoms with van der Waals surface area (Å²) < 4.78 is 0. The van der Waals surface area contributed by atoms with E-state index in [4.69, 9.17) is 0 Å². The summed E-state index contributed by atoms with van der Waals surface area (Å²) in [6.45, 7) is 1.81. The Morgan fingerprint density at radius 3 is 2.44 bits per heavy atom. The van der Waals surface area contributed by atoms with Crippen LogP contribution in [0.3, 0.4) is 0 Å². The van der Waals surface area contributed by atoms with Gasteiger partial charge in [-0.15, -0.1) is 0 Å². The van der Waals surface area contributed by atoms with Gasteiger partial charge in [0.05, 0.1) is 4.92 Å². The Hall–Kier alpha value is -3.77. The van der Waals surface area contributed by atoms with Gasteiger partial charge in [-0.3, -0.25) is 14.9 Å². The molecule has 1 fully saturated rings. The molecule has 5 rings (SSSR count). The summed E-state index contributed by atoms with van der Waals surface area (Å²) in [6, 6.07) is 22.2. The lowest BCUT2D eigenvalue weighted by Crippen LogP contribution is -2.47. The van der Waals surface area contributed by atoms with Crippen LogP contribution in [0.1, 0.15) is 46.3 Å². The molecule has 6 nitrogen and oxygen atoms in total. The fourth-order valence-corrected chi connectivity index (χ4v) is 5.45. The lowest BCUT2D eigenvalue weighted by atomic mass is 9.67. The first-order chi connectivity index (χ1) is 16.6. The Labute approximate surface area is 198 Å². The van der Waals surface area contributed by atoms with Crippen molar-refractivity contribution in [2.24, 2.45) is 0 Å². The quantitative estimate of drug-likeness (QED) is 0.299. The molecule has 0 bridgehead atoms. The van der Waals surface area contributed by atoms with Crippen molar-refractivity contribution in [3.8, 4) is 0 Å². The van der Waals surface area contributed by atoms with Crippen LogP contribution < -0.4 is 10.6 Å². The number of piperidine rings is 1. The number of carbonyl (C=O) groups excluding carboxylic acids is 1. The molecule has 3 aromatic carbocycles. The lowest BCUT2D eigenvalue weighted by Gasteiger charge is -2.40. The van der Waals surface area contributed by atoms with Crippen molar-refractivity contribution in [2.45, 2.75) is 30.7 Å². The molecule has 0 aliphatic carbocycles. The summed E-state index contributed by atoms with van der Waals surface area (Å²) in [5.41, 5.74) is 4.29. The molecule has 1 unspecified atom stereocenters. The predicted molar refractivity (Wildman–Crippen MR) is 134 cm³/mol. The molecule has 0 radical (unpaired) electrons. The Morgan fingerprint density at radius 2 is 1.74 bits per heavy atom. The van der Waals surface area contributed by atoms with Crippen molar-refractivity contribution >= 4 is 23.2 Å². The van der Waals surface area contributed by atoms with Gasteiger partial charge in [0.15, 0.2) is 5.78 Å². The van der Waals surface area contributed by atoms with E-state index in [-0.39, 0.29) is 22.9 Å². The van der Waals surface area contributed by atoms with Gasteiger partial charge in [-0.25, -0.2) is 0 Å². The maximum Gasteiger partial charge on any atom is 0.269 e. The zero-order valence-electron chi connectivity index (χ0n) is 18.9. The predicted octanol–water partition coefficient (Wildman–Crippen LogP) is 5.34. The average Bonchev–Trinajstić information content (AvgIpc) is 3.17. The number of anilines is 1. The van der Waals surface area contributed by atoms with Crippen LogP contribution in [0.25, 0.3) is 6.08 Å². The Morgan fingerprint density at radius 1 is 1.00 bits per heavy atom. The Bertz CT molecular complexity index is 1230. The van der Waals surface area contributed by atoms with Crippen LogP contribution in [0.15, 0.2) is 78.9 Å². The van der Waals surface area contributed by atoms with Crippen LogP contribution in [0.4, 0.5) is 11.4 Å². The number of nitrogens with one attached hydrogen (secondary N) is 2. The van der Waals surface area contributed by atoms with Crippen molar-refractivity contribution in [1.82, 2.24) is 5.32 Å². The van der Waals surface area contributed by atoms with E-state index in [1.807, 2.05) is 30.3 Å². The largest absolute Gasteiger partial charge is 0.381 e. The number of ketones is 1. The first-order valence-corrected chi connectivity index (χ1v) is 11.7. The fourth-order valence-electron chi connectivity index (χ4n) is 5.45. The molecule has 1 saturated heterocycles. The molecule has 172 valence electrons. The molecule has 6 heteroatoms. The molecule has 2 aliphatic heterocycles. The number of fused-ring (bicyclic) bond motifs is 2. The number of nitro benzene ring substituents is 1. The van der Waals surface area contributed by atoms with E-state index in [0.717, 1.165) is 43.6 Å². The van der Waals surface area contributed by atoms with Gasteiger partial charge in [0.2, 0.25) is 0 Å². The number of nitro groups is 1. The van der Waals surface area contributed by atoms with Crippen molar-refractivity contribution < 1.29 is 9.72 Å². The minimum Gasteiger partial charge on any atom is -0.381 e. The van der Waals surface area contributed by atoms with E-state index in [0.29, 0.717) is 11.1 Å². The lowest BCUT2D eigenvalue weighted by molar-refractivity contribution is -0.384. The minimum atomic E-state index is -0.448. The number of carbonyl (C=O) groups is 1. The van der Waals surface area contributed by atoms with E-state index in [2.05, 4.69) is 41.0 Å². The number of non-ortho nitro benzene ring substituents is 1. The van der Waals surface area contributed by atoms with Gasteiger partial charge in [0, 0.05) is 40.4 Å². The van der Waals surface area contributed by atoms with Crippen LogP contribution in [0, 0.1) is 10.1 Å². The second-order valence-corrected chi connectivity index (χ2v) is 9.01. The third kappa shape index (κ3) is 4.01. The molecule has 2 N–H and O–H groups in total. The highest BCUT2D eigenvalue weighted by Crippen LogP contribution is 2.50. The fraction of sp³-hybridized carbons (Fsp3) is 0.250. The van der Waals surface area contributed by atoms with Crippen molar-refractivity contribution in [2.75, 3.05) is 18.4 Å². The summed E-state index contributed by atoms with van der Waals surface area (Å²) in [6.07, 6.45) is 7.13. The highest BCUT2D eigenvalue weighted by molar-refractivity contribution is 6.11. The van der Waals surface area contributed by atoms with Gasteiger partial charge in [-0.1, -0.05) is 54.6 Å². The topological polar surface area (TPSA) is 84.3 Å². The van der Waals surface area contributed by atoms with Gasteiger partial charge in [-0.2, -0.15) is 0 Å². The minimum absolute atomic E-state index is 0.0170. The third-order valence-corrected chi connectivity index (χ3v) is 7.12. The molecule has 1 spiro atoms. The van der Waals surface area contributed by atoms with Gasteiger partial charge in [0.25, 0.3) is 5.69 Å². The molecule has 34 heavy (non-hydrogen) atoms. The summed E-state index contributed by atoms with van der Waals surface area (Å²) in [7, 11) is 0. The number of hydrogen-bond acceptors (Lipinski definition) is 5. The Balaban J connectivity index is 1.49. The normalized spacial score (nSPS) is 18.5. The second kappa shape index (κ2) is 9.23. The maximum absolute atomic E-state index is 13.6. The number of nitrogens with zero attached hydrogens (tertiary/aromatic N) is 1. The van der Waals surface area contributed by atoms with E-state index < -0.39 is 4.92 Å². The van der Waals surface area contributed by atoms with Gasteiger partial charge in [-0.05, 0) is 61.7 Å². The van der Waals surface area contributed by atoms with Crippen LogP contribution in [-0.4, -0.2) is 29.8 Å². The van der Waals surface area contributed by atoms with Gasteiger partial charge in [0.1, 0.15) is 0 Å². The molecule has 2 aliphatic rings. The number of rotatable bonds is 6. The van der Waals surface area contributed by atoms with Crippen LogP contribution in [-0.2, 0) is 5.41 Å².